The Balaban J connectivity index is 1.58. The van der Waals surface area contributed by atoms with Gasteiger partial charge in [-0.15, -0.1) is 11.3 Å². The first-order valence-electron chi connectivity index (χ1n) is 8.33. The smallest absolute Gasteiger partial charge is 0.265 e. The minimum atomic E-state index is 0.0906. The minimum absolute atomic E-state index is 0.0906. The van der Waals surface area contributed by atoms with Crippen LogP contribution in [-0.2, 0) is 6.42 Å². The van der Waals surface area contributed by atoms with Gasteiger partial charge >= 0.3 is 0 Å². The van der Waals surface area contributed by atoms with Crippen molar-refractivity contribution in [2.75, 3.05) is 32.1 Å². The summed E-state index contributed by atoms with van der Waals surface area (Å²) in [4.78, 5) is 25.8. The highest BCUT2D eigenvalue weighted by atomic mass is 32.1. The zero-order valence-electron chi connectivity index (χ0n) is 14.4. The van der Waals surface area contributed by atoms with Gasteiger partial charge in [0.15, 0.2) is 0 Å². The number of piperidine rings is 1. The fourth-order valence-electron chi connectivity index (χ4n) is 2.80. The largest absolute Gasteiger partial charge is 0.344 e. The van der Waals surface area contributed by atoms with Crippen molar-refractivity contribution in [2.24, 2.45) is 0 Å². The van der Waals surface area contributed by atoms with Gasteiger partial charge in [0.05, 0.1) is 11.2 Å². The topological polar surface area (TPSA) is 75.4 Å². The number of aryl methyl sites for hydroxylation is 1. The molecule has 0 unspecified atom stereocenters. The second-order valence-electron chi connectivity index (χ2n) is 6.26. The second kappa shape index (κ2) is 7.29. The summed E-state index contributed by atoms with van der Waals surface area (Å²) in [5.41, 5.74) is 0. The molecule has 7 nitrogen and oxygen atoms in total. The van der Waals surface area contributed by atoms with Crippen molar-refractivity contribution in [3.05, 3.63) is 22.0 Å². The van der Waals surface area contributed by atoms with Gasteiger partial charge in [0, 0.05) is 33.1 Å². The van der Waals surface area contributed by atoms with E-state index in [-0.39, 0.29) is 11.8 Å². The molecular formula is C16H23N5O2S. The first-order chi connectivity index (χ1) is 11.6. The molecule has 1 saturated heterocycles. The van der Waals surface area contributed by atoms with Crippen LogP contribution in [0.3, 0.4) is 0 Å². The van der Waals surface area contributed by atoms with Crippen LogP contribution in [0.1, 0.15) is 52.7 Å². The molecule has 1 fully saturated rings. The van der Waals surface area contributed by atoms with Gasteiger partial charge in [-0.25, -0.2) is 4.98 Å². The molecular weight excluding hydrogens is 326 g/mol. The quantitative estimate of drug-likeness (QED) is 0.826. The minimum Gasteiger partial charge on any atom is -0.344 e. The summed E-state index contributed by atoms with van der Waals surface area (Å²) in [5.74, 6) is 1.59. The Morgan fingerprint density at radius 3 is 2.79 bits per heavy atom. The van der Waals surface area contributed by atoms with Crippen LogP contribution in [0.2, 0.25) is 0 Å². The molecule has 0 atom stereocenters. The number of anilines is 1. The van der Waals surface area contributed by atoms with Crippen molar-refractivity contribution in [3.63, 3.8) is 0 Å². The van der Waals surface area contributed by atoms with Crippen molar-refractivity contribution >= 4 is 23.2 Å². The Bertz CT molecular complexity index is 688. The molecule has 130 valence electrons. The molecule has 0 aliphatic carbocycles. The van der Waals surface area contributed by atoms with Crippen LogP contribution < -0.4 is 4.90 Å². The Morgan fingerprint density at radius 2 is 2.17 bits per heavy atom. The summed E-state index contributed by atoms with van der Waals surface area (Å²) < 4.78 is 5.36. The van der Waals surface area contributed by atoms with E-state index in [9.17, 15) is 4.79 Å². The number of aromatic nitrogens is 3. The zero-order valence-corrected chi connectivity index (χ0v) is 15.2. The molecule has 0 radical (unpaired) electrons. The molecule has 3 heterocycles. The maximum absolute atomic E-state index is 12.6. The lowest BCUT2D eigenvalue weighted by Gasteiger charge is -2.29. The van der Waals surface area contributed by atoms with Gasteiger partial charge in [-0.3, -0.25) is 4.79 Å². The first-order valence-corrected chi connectivity index (χ1v) is 9.15. The predicted octanol–water partition coefficient (Wildman–Crippen LogP) is 2.56. The summed E-state index contributed by atoms with van der Waals surface area (Å²) in [6, 6.07) is 0. The average Bonchev–Trinajstić information content (AvgIpc) is 3.24. The maximum Gasteiger partial charge on any atom is 0.265 e. The van der Waals surface area contributed by atoms with Crippen LogP contribution >= 0.6 is 11.3 Å². The molecule has 2 aromatic rings. The lowest BCUT2D eigenvalue weighted by Crippen LogP contribution is -2.37. The highest BCUT2D eigenvalue weighted by Crippen LogP contribution is 2.29. The highest BCUT2D eigenvalue weighted by Gasteiger charge is 2.28. The van der Waals surface area contributed by atoms with Gasteiger partial charge in [-0.2, -0.15) is 4.98 Å². The lowest BCUT2D eigenvalue weighted by atomic mass is 9.96. The van der Waals surface area contributed by atoms with Crippen LogP contribution in [0.5, 0.6) is 0 Å². The van der Waals surface area contributed by atoms with E-state index in [1.165, 1.54) is 11.3 Å². The van der Waals surface area contributed by atoms with E-state index in [2.05, 4.69) is 22.0 Å². The normalized spacial score (nSPS) is 15.7. The van der Waals surface area contributed by atoms with Crippen molar-refractivity contribution in [1.82, 2.24) is 20.0 Å². The zero-order chi connectivity index (χ0) is 17.1. The highest BCUT2D eigenvalue weighted by molar-refractivity contribution is 7.13. The van der Waals surface area contributed by atoms with Gasteiger partial charge in [0.2, 0.25) is 5.89 Å². The molecule has 1 aliphatic heterocycles. The molecule has 1 aliphatic rings. The predicted molar refractivity (Wildman–Crippen MR) is 92.6 cm³/mol. The van der Waals surface area contributed by atoms with Gasteiger partial charge in [-0.1, -0.05) is 6.92 Å². The molecule has 0 aromatic carbocycles. The number of likely N-dealkylation sites (tertiary alicyclic amines) is 1. The van der Waals surface area contributed by atoms with Crippen molar-refractivity contribution in [2.45, 2.75) is 38.5 Å². The summed E-state index contributed by atoms with van der Waals surface area (Å²) in [6.45, 7) is 3.54. The van der Waals surface area contributed by atoms with Crippen LogP contribution in [-0.4, -0.2) is 53.1 Å². The van der Waals surface area contributed by atoms with E-state index in [1.54, 1.807) is 6.20 Å². The Kier molecular flexibility index (Phi) is 5.13. The van der Waals surface area contributed by atoms with Gasteiger partial charge in [-0.05, 0) is 30.8 Å². The van der Waals surface area contributed by atoms with E-state index < -0.39 is 0 Å². The molecule has 8 heteroatoms. The Morgan fingerprint density at radius 1 is 1.42 bits per heavy atom. The third-order valence-electron chi connectivity index (χ3n) is 4.19. The first kappa shape index (κ1) is 16.9. The Labute approximate surface area is 145 Å². The molecule has 1 amide bonds. The lowest BCUT2D eigenvalue weighted by molar-refractivity contribution is 0.0709. The Hall–Kier alpha value is -1.96. The molecule has 0 bridgehead atoms. The standard InChI is InChI=1S/C16H23N5O2S/c1-4-5-13-17-10-12(24-13)15(22)21-8-6-11(7-9-21)14-18-16(19-23-14)20(2)3/h10-11H,4-9H2,1-3H3. The van der Waals surface area contributed by atoms with E-state index in [0.29, 0.717) is 24.9 Å². The number of carbonyl (C=O) groups is 1. The summed E-state index contributed by atoms with van der Waals surface area (Å²) >= 11 is 1.51. The molecule has 0 N–H and O–H groups in total. The molecule has 2 aromatic heterocycles. The van der Waals surface area contributed by atoms with E-state index >= 15 is 0 Å². The third-order valence-corrected chi connectivity index (χ3v) is 5.24. The van der Waals surface area contributed by atoms with Gasteiger partial charge in [0.1, 0.15) is 4.88 Å². The number of nitrogens with zero attached hydrogens (tertiary/aromatic N) is 5. The molecule has 24 heavy (non-hydrogen) atoms. The van der Waals surface area contributed by atoms with Crippen molar-refractivity contribution in [1.29, 1.82) is 0 Å². The molecule has 3 rings (SSSR count). The number of thiazole rings is 1. The number of carbonyl (C=O) groups excluding carboxylic acids is 1. The second-order valence-corrected chi connectivity index (χ2v) is 7.38. The van der Waals surface area contributed by atoms with Gasteiger partial charge < -0.3 is 14.3 Å². The molecule has 0 spiro atoms. The fraction of sp³-hybridized carbons (Fsp3) is 0.625. The van der Waals surface area contributed by atoms with E-state index in [1.807, 2.05) is 23.9 Å². The van der Waals surface area contributed by atoms with Gasteiger partial charge in [0.25, 0.3) is 11.9 Å². The fourth-order valence-corrected chi connectivity index (χ4v) is 3.79. The summed E-state index contributed by atoms with van der Waals surface area (Å²) in [5, 5.41) is 5.01. The van der Waals surface area contributed by atoms with E-state index in [4.69, 9.17) is 4.52 Å². The number of amides is 1. The van der Waals surface area contributed by atoms with Crippen LogP contribution in [0.25, 0.3) is 0 Å². The number of hydrogen-bond donors (Lipinski definition) is 0. The van der Waals surface area contributed by atoms with Crippen LogP contribution in [0.4, 0.5) is 5.95 Å². The van der Waals surface area contributed by atoms with Crippen molar-refractivity contribution < 1.29 is 9.32 Å². The monoisotopic (exact) mass is 349 g/mol. The average molecular weight is 349 g/mol. The SMILES string of the molecule is CCCc1ncc(C(=O)N2CCC(c3nc(N(C)C)no3)CC2)s1. The number of hydrogen-bond acceptors (Lipinski definition) is 7. The maximum atomic E-state index is 12.6. The summed E-state index contributed by atoms with van der Waals surface area (Å²) in [7, 11) is 3.77. The van der Waals surface area contributed by atoms with E-state index in [0.717, 1.165) is 35.6 Å². The number of rotatable bonds is 5. The van der Waals surface area contributed by atoms with Crippen LogP contribution in [0, 0.1) is 0 Å². The third kappa shape index (κ3) is 3.58. The van der Waals surface area contributed by atoms with Crippen molar-refractivity contribution in [3.8, 4) is 0 Å². The molecule has 0 saturated carbocycles. The van der Waals surface area contributed by atoms with Crippen LogP contribution in [0.15, 0.2) is 10.7 Å². The summed E-state index contributed by atoms with van der Waals surface area (Å²) in [6.07, 6.45) is 5.39.